The molecule has 1 heterocycles. The van der Waals surface area contributed by atoms with Gasteiger partial charge in [0, 0.05) is 17.3 Å². The zero-order valence-corrected chi connectivity index (χ0v) is 12.2. The van der Waals surface area contributed by atoms with Gasteiger partial charge in [-0.3, -0.25) is 0 Å². The van der Waals surface area contributed by atoms with Crippen molar-refractivity contribution >= 4 is 11.8 Å². The summed E-state index contributed by atoms with van der Waals surface area (Å²) in [5, 5.41) is 3.54. The number of hydrogen-bond donors (Lipinski definition) is 1. The van der Waals surface area contributed by atoms with Crippen molar-refractivity contribution in [3.8, 4) is 0 Å². The topological polar surface area (TPSA) is 15.3 Å². The molecule has 1 unspecified atom stereocenters. The first-order valence-electron chi connectivity index (χ1n) is 6.52. The van der Waals surface area contributed by atoms with Gasteiger partial charge < -0.3 is 10.2 Å². The zero-order chi connectivity index (χ0) is 12.0. The summed E-state index contributed by atoms with van der Waals surface area (Å²) in [6.45, 7) is 9.10. The van der Waals surface area contributed by atoms with Gasteiger partial charge in [0.1, 0.15) is 0 Å². The number of unbranched alkanes of at least 4 members (excludes halogenated alkanes) is 1. The van der Waals surface area contributed by atoms with Crippen LogP contribution in [-0.4, -0.2) is 48.1 Å². The largest absolute Gasteiger partial charge is 0.312 e. The lowest BCUT2D eigenvalue weighted by molar-refractivity contribution is 0.255. The molecular weight excluding hydrogens is 216 g/mol. The van der Waals surface area contributed by atoms with E-state index in [9.17, 15) is 0 Å². The van der Waals surface area contributed by atoms with E-state index in [0.29, 0.717) is 0 Å². The van der Waals surface area contributed by atoms with Crippen LogP contribution < -0.4 is 5.32 Å². The molecule has 1 atom stereocenters. The predicted octanol–water partition coefficient (Wildman–Crippen LogP) is 2.59. The van der Waals surface area contributed by atoms with Crippen molar-refractivity contribution in [3.05, 3.63) is 0 Å². The lowest BCUT2D eigenvalue weighted by atomic mass is 10.1. The van der Waals surface area contributed by atoms with Crippen molar-refractivity contribution < 1.29 is 0 Å². The van der Waals surface area contributed by atoms with Gasteiger partial charge in [-0.2, -0.15) is 11.8 Å². The van der Waals surface area contributed by atoms with Crippen molar-refractivity contribution in [2.24, 2.45) is 0 Å². The maximum atomic E-state index is 3.54. The Labute approximate surface area is 106 Å². The second kappa shape index (κ2) is 6.87. The fraction of sp³-hybridized carbons (Fsp3) is 1.00. The van der Waals surface area contributed by atoms with Crippen molar-refractivity contribution in [1.29, 1.82) is 0 Å². The van der Waals surface area contributed by atoms with Crippen LogP contribution in [0.5, 0.6) is 0 Å². The summed E-state index contributed by atoms with van der Waals surface area (Å²) in [6.07, 6.45) is 4.00. The average molecular weight is 244 g/mol. The second-order valence-electron chi connectivity index (χ2n) is 5.88. The Hall–Kier alpha value is 0.270. The van der Waals surface area contributed by atoms with Gasteiger partial charge in [0.05, 0.1) is 0 Å². The van der Waals surface area contributed by atoms with Gasteiger partial charge in [-0.05, 0) is 65.9 Å². The quantitative estimate of drug-likeness (QED) is 0.723. The molecule has 0 aromatic carbocycles. The normalized spacial score (nSPS) is 21.9. The Balaban J connectivity index is 1.98. The van der Waals surface area contributed by atoms with Crippen LogP contribution in [0, 0.1) is 0 Å². The third-order valence-electron chi connectivity index (χ3n) is 3.12. The molecule has 0 aromatic rings. The SMILES string of the molecule is CN(CCCCNC(C)(C)C)C1CCSC1. The monoisotopic (exact) mass is 244 g/mol. The van der Waals surface area contributed by atoms with Crippen LogP contribution in [0.1, 0.15) is 40.0 Å². The molecule has 1 rings (SSSR count). The maximum Gasteiger partial charge on any atom is 0.0191 e. The van der Waals surface area contributed by atoms with Gasteiger partial charge >= 0.3 is 0 Å². The Bertz CT molecular complexity index is 183. The highest BCUT2D eigenvalue weighted by atomic mass is 32.2. The fourth-order valence-corrected chi connectivity index (χ4v) is 3.30. The lowest BCUT2D eigenvalue weighted by Gasteiger charge is -2.24. The van der Waals surface area contributed by atoms with Crippen LogP contribution in [0.15, 0.2) is 0 Å². The smallest absolute Gasteiger partial charge is 0.0191 e. The summed E-state index contributed by atoms with van der Waals surface area (Å²) < 4.78 is 0. The summed E-state index contributed by atoms with van der Waals surface area (Å²) in [4.78, 5) is 2.55. The molecule has 2 nitrogen and oxygen atoms in total. The highest BCUT2D eigenvalue weighted by Gasteiger charge is 2.19. The zero-order valence-electron chi connectivity index (χ0n) is 11.4. The Morgan fingerprint density at radius 3 is 2.62 bits per heavy atom. The van der Waals surface area contributed by atoms with E-state index < -0.39 is 0 Å². The van der Waals surface area contributed by atoms with E-state index in [2.05, 4.69) is 49.8 Å². The Kier molecular flexibility index (Phi) is 6.16. The molecule has 0 radical (unpaired) electrons. The number of hydrogen-bond acceptors (Lipinski definition) is 3. The summed E-state index contributed by atoms with van der Waals surface area (Å²) >= 11 is 2.10. The summed E-state index contributed by atoms with van der Waals surface area (Å²) in [7, 11) is 2.29. The van der Waals surface area contributed by atoms with Crippen LogP contribution in [0.3, 0.4) is 0 Å². The van der Waals surface area contributed by atoms with Crippen molar-refractivity contribution in [1.82, 2.24) is 10.2 Å². The minimum atomic E-state index is 0.272. The highest BCUT2D eigenvalue weighted by Crippen LogP contribution is 2.21. The number of nitrogens with zero attached hydrogens (tertiary/aromatic N) is 1. The van der Waals surface area contributed by atoms with Gasteiger partial charge in [0.2, 0.25) is 0 Å². The molecule has 1 saturated heterocycles. The number of thioether (sulfide) groups is 1. The van der Waals surface area contributed by atoms with E-state index in [1.165, 1.54) is 37.3 Å². The van der Waals surface area contributed by atoms with Crippen LogP contribution >= 0.6 is 11.8 Å². The van der Waals surface area contributed by atoms with Gasteiger partial charge in [-0.15, -0.1) is 0 Å². The molecule has 1 N–H and O–H groups in total. The van der Waals surface area contributed by atoms with Crippen LogP contribution in [0.25, 0.3) is 0 Å². The maximum absolute atomic E-state index is 3.54. The molecule has 0 aromatic heterocycles. The molecule has 96 valence electrons. The molecule has 0 amide bonds. The molecule has 0 spiro atoms. The third kappa shape index (κ3) is 6.12. The van der Waals surface area contributed by atoms with Gasteiger partial charge in [-0.1, -0.05) is 0 Å². The van der Waals surface area contributed by atoms with Gasteiger partial charge in [-0.25, -0.2) is 0 Å². The summed E-state index contributed by atoms with van der Waals surface area (Å²) in [5.41, 5.74) is 0.272. The van der Waals surface area contributed by atoms with Crippen LogP contribution in [-0.2, 0) is 0 Å². The lowest BCUT2D eigenvalue weighted by Crippen LogP contribution is -2.37. The fourth-order valence-electron chi connectivity index (χ4n) is 2.00. The average Bonchev–Trinajstić information content (AvgIpc) is 2.67. The summed E-state index contributed by atoms with van der Waals surface area (Å²) in [6, 6.07) is 0.848. The molecule has 1 aliphatic rings. The van der Waals surface area contributed by atoms with E-state index in [4.69, 9.17) is 0 Å². The number of nitrogens with one attached hydrogen (secondary N) is 1. The van der Waals surface area contributed by atoms with E-state index >= 15 is 0 Å². The van der Waals surface area contributed by atoms with Crippen LogP contribution in [0.4, 0.5) is 0 Å². The molecule has 0 aliphatic carbocycles. The number of rotatable bonds is 6. The molecule has 3 heteroatoms. The van der Waals surface area contributed by atoms with E-state index in [1.54, 1.807) is 0 Å². The predicted molar refractivity (Wildman–Crippen MR) is 75.3 cm³/mol. The minimum Gasteiger partial charge on any atom is -0.312 e. The molecular formula is C13H28N2S. The molecule has 0 saturated carbocycles. The van der Waals surface area contributed by atoms with Gasteiger partial charge in [0.25, 0.3) is 0 Å². The van der Waals surface area contributed by atoms with E-state index in [1.807, 2.05) is 0 Å². The molecule has 1 fully saturated rings. The first kappa shape index (κ1) is 14.3. The van der Waals surface area contributed by atoms with Crippen molar-refractivity contribution in [3.63, 3.8) is 0 Å². The Morgan fingerprint density at radius 2 is 2.06 bits per heavy atom. The molecule has 0 bridgehead atoms. The van der Waals surface area contributed by atoms with Crippen LogP contribution in [0.2, 0.25) is 0 Å². The van der Waals surface area contributed by atoms with Crippen molar-refractivity contribution in [2.75, 3.05) is 31.6 Å². The van der Waals surface area contributed by atoms with E-state index in [-0.39, 0.29) is 5.54 Å². The summed E-state index contributed by atoms with van der Waals surface area (Å²) in [5.74, 6) is 2.71. The minimum absolute atomic E-state index is 0.272. The van der Waals surface area contributed by atoms with Crippen molar-refractivity contribution in [2.45, 2.75) is 51.6 Å². The first-order chi connectivity index (χ1) is 7.49. The highest BCUT2D eigenvalue weighted by molar-refractivity contribution is 7.99. The molecule has 1 aliphatic heterocycles. The Morgan fingerprint density at radius 1 is 1.31 bits per heavy atom. The standard InChI is InChI=1S/C13H28N2S/c1-13(2,3)14-8-5-6-9-15(4)12-7-10-16-11-12/h12,14H,5-11H2,1-4H3. The molecule has 16 heavy (non-hydrogen) atoms. The second-order valence-corrected chi connectivity index (χ2v) is 7.03. The third-order valence-corrected chi connectivity index (χ3v) is 4.27. The van der Waals surface area contributed by atoms with E-state index in [0.717, 1.165) is 12.6 Å². The first-order valence-corrected chi connectivity index (χ1v) is 7.67. The van der Waals surface area contributed by atoms with Gasteiger partial charge in [0.15, 0.2) is 0 Å².